The third kappa shape index (κ3) is 3.61. The van der Waals surface area contributed by atoms with Crippen molar-refractivity contribution in [3.63, 3.8) is 0 Å². The van der Waals surface area contributed by atoms with Crippen LogP contribution in [0.1, 0.15) is 56.9 Å². The highest BCUT2D eigenvalue weighted by Gasteiger charge is 2.37. The number of piperidine rings is 1. The van der Waals surface area contributed by atoms with Crippen LogP contribution in [0.3, 0.4) is 0 Å². The molecule has 8 heteroatoms. The van der Waals surface area contributed by atoms with Gasteiger partial charge in [-0.3, -0.25) is 9.69 Å². The van der Waals surface area contributed by atoms with Gasteiger partial charge in [-0.2, -0.15) is 4.98 Å². The topological polar surface area (TPSA) is 101 Å². The second-order valence-corrected chi connectivity index (χ2v) is 8.50. The third-order valence-electron chi connectivity index (χ3n) is 6.79. The second kappa shape index (κ2) is 7.74. The van der Waals surface area contributed by atoms with Gasteiger partial charge < -0.3 is 15.2 Å². The molecule has 2 aliphatic heterocycles. The van der Waals surface area contributed by atoms with Gasteiger partial charge in [-0.15, -0.1) is 0 Å². The maximum atomic E-state index is 11.4. The Hall–Kier alpha value is -2.48. The molecular weight excluding hydrogens is 368 g/mol. The van der Waals surface area contributed by atoms with Gasteiger partial charge in [0.05, 0.1) is 6.04 Å². The van der Waals surface area contributed by atoms with Gasteiger partial charge in [0.2, 0.25) is 17.6 Å². The summed E-state index contributed by atoms with van der Waals surface area (Å²) in [5, 5.41) is 4.27. The van der Waals surface area contributed by atoms with Crippen LogP contribution < -0.4 is 10.6 Å². The first-order valence-electron chi connectivity index (χ1n) is 10.8. The van der Waals surface area contributed by atoms with E-state index in [-0.39, 0.29) is 17.9 Å². The van der Waals surface area contributed by atoms with Crippen LogP contribution in [0, 0.1) is 5.92 Å². The number of likely N-dealkylation sites (tertiary alicyclic amines) is 1. The Kier molecular flexibility index (Phi) is 4.95. The lowest BCUT2D eigenvalue weighted by molar-refractivity contribution is -0.122. The van der Waals surface area contributed by atoms with Crippen molar-refractivity contribution in [3.8, 4) is 11.4 Å². The van der Waals surface area contributed by atoms with Crippen LogP contribution in [-0.4, -0.2) is 51.6 Å². The van der Waals surface area contributed by atoms with E-state index in [0.29, 0.717) is 11.9 Å². The van der Waals surface area contributed by atoms with Crippen molar-refractivity contribution in [1.29, 1.82) is 0 Å². The molecule has 0 radical (unpaired) electrons. The van der Waals surface area contributed by atoms with Gasteiger partial charge in [-0.1, -0.05) is 11.6 Å². The predicted molar refractivity (Wildman–Crippen MR) is 108 cm³/mol. The second-order valence-electron chi connectivity index (χ2n) is 8.50. The molecule has 3 fully saturated rings. The molecule has 0 bridgehead atoms. The molecular formula is C21H28N6O2. The Morgan fingerprint density at radius 3 is 2.66 bits per heavy atom. The average Bonchev–Trinajstić information content (AvgIpc) is 3.36. The van der Waals surface area contributed by atoms with E-state index < -0.39 is 0 Å². The summed E-state index contributed by atoms with van der Waals surface area (Å²) in [5.41, 5.74) is 6.36. The Labute approximate surface area is 170 Å². The summed E-state index contributed by atoms with van der Waals surface area (Å²) >= 11 is 0. The largest absolute Gasteiger partial charge is 0.369 e. The van der Waals surface area contributed by atoms with Crippen molar-refractivity contribution in [2.45, 2.75) is 57.0 Å². The lowest BCUT2D eigenvalue weighted by Crippen LogP contribution is -2.39. The maximum absolute atomic E-state index is 11.4. The van der Waals surface area contributed by atoms with Crippen LogP contribution in [0.2, 0.25) is 0 Å². The molecule has 0 unspecified atom stereocenters. The summed E-state index contributed by atoms with van der Waals surface area (Å²) in [6.07, 6.45) is 9.53. The first-order chi connectivity index (χ1) is 14.2. The minimum atomic E-state index is -0.200. The van der Waals surface area contributed by atoms with E-state index in [1.54, 1.807) is 6.20 Å². The van der Waals surface area contributed by atoms with Crippen molar-refractivity contribution in [1.82, 2.24) is 20.0 Å². The number of pyridine rings is 1. The number of carbonyl (C=O) groups excluding carboxylic acids is 1. The highest BCUT2D eigenvalue weighted by molar-refractivity contribution is 5.77. The summed E-state index contributed by atoms with van der Waals surface area (Å²) in [4.78, 5) is 25.4. The molecule has 1 saturated carbocycles. The van der Waals surface area contributed by atoms with Crippen LogP contribution in [0.4, 0.5) is 5.82 Å². The lowest BCUT2D eigenvalue weighted by atomic mass is 9.91. The SMILES string of the molecule is NC(=O)C1CCN(c2cc(-c3noc([C@@H]4CCCN4C4CCC4)n3)ccn2)CC1. The highest BCUT2D eigenvalue weighted by atomic mass is 16.5. The Morgan fingerprint density at radius 2 is 1.93 bits per heavy atom. The minimum Gasteiger partial charge on any atom is -0.369 e. The molecule has 1 atom stereocenters. The summed E-state index contributed by atoms with van der Waals surface area (Å²) in [6.45, 7) is 2.69. The van der Waals surface area contributed by atoms with Crippen LogP contribution >= 0.6 is 0 Å². The Balaban J connectivity index is 1.31. The summed E-state index contributed by atoms with van der Waals surface area (Å²) in [6, 6.07) is 4.88. The fourth-order valence-corrected chi connectivity index (χ4v) is 4.82. The van der Waals surface area contributed by atoms with E-state index in [0.717, 1.165) is 56.2 Å². The number of rotatable bonds is 5. The monoisotopic (exact) mass is 396 g/mol. The molecule has 2 N–H and O–H groups in total. The molecule has 5 rings (SSSR count). The molecule has 1 amide bonds. The number of hydrogen-bond donors (Lipinski definition) is 1. The van der Waals surface area contributed by atoms with Crippen molar-refractivity contribution < 1.29 is 9.32 Å². The van der Waals surface area contributed by atoms with Gasteiger partial charge in [0.1, 0.15) is 5.82 Å². The van der Waals surface area contributed by atoms with Gasteiger partial charge in [0.15, 0.2) is 0 Å². The molecule has 29 heavy (non-hydrogen) atoms. The molecule has 3 aliphatic rings. The highest BCUT2D eigenvalue weighted by Crippen LogP contribution is 2.39. The van der Waals surface area contributed by atoms with Gasteiger partial charge in [-0.25, -0.2) is 4.98 Å². The lowest BCUT2D eigenvalue weighted by Gasteiger charge is -2.37. The summed E-state index contributed by atoms with van der Waals surface area (Å²) < 4.78 is 5.69. The molecule has 4 heterocycles. The quantitative estimate of drug-likeness (QED) is 0.828. The molecule has 2 aromatic heterocycles. The Morgan fingerprint density at radius 1 is 1.10 bits per heavy atom. The zero-order chi connectivity index (χ0) is 19.8. The normalized spacial score (nSPS) is 24.0. The van der Waals surface area contributed by atoms with E-state index in [4.69, 9.17) is 15.2 Å². The number of primary amides is 1. The number of anilines is 1. The zero-order valence-corrected chi connectivity index (χ0v) is 16.7. The van der Waals surface area contributed by atoms with Crippen molar-refractivity contribution in [2.24, 2.45) is 11.7 Å². The van der Waals surface area contributed by atoms with Crippen LogP contribution in [0.5, 0.6) is 0 Å². The molecule has 8 nitrogen and oxygen atoms in total. The van der Waals surface area contributed by atoms with Gasteiger partial charge in [-0.05, 0) is 57.2 Å². The molecule has 2 aromatic rings. The smallest absolute Gasteiger partial charge is 0.244 e. The third-order valence-corrected chi connectivity index (χ3v) is 6.79. The first-order valence-corrected chi connectivity index (χ1v) is 10.8. The van der Waals surface area contributed by atoms with Crippen molar-refractivity contribution in [2.75, 3.05) is 24.5 Å². The molecule has 0 spiro atoms. The number of aromatic nitrogens is 3. The van der Waals surface area contributed by atoms with E-state index in [1.165, 1.54) is 25.7 Å². The molecule has 154 valence electrons. The van der Waals surface area contributed by atoms with Crippen molar-refractivity contribution >= 4 is 11.7 Å². The maximum Gasteiger partial charge on any atom is 0.244 e. The number of nitrogens with two attached hydrogens (primary N) is 1. The van der Waals surface area contributed by atoms with Crippen LogP contribution in [-0.2, 0) is 4.79 Å². The van der Waals surface area contributed by atoms with E-state index in [9.17, 15) is 4.79 Å². The molecule has 0 aromatic carbocycles. The molecule has 2 saturated heterocycles. The van der Waals surface area contributed by atoms with Crippen molar-refractivity contribution in [3.05, 3.63) is 24.2 Å². The minimum absolute atomic E-state index is 0.0285. The summed E-state index contributed by atoms with van der Waals surface area (Å²) in [7, 11) is 0. The fraction of sp³-hybridized carbons (Fsp3) is 0.619. The summed E-state index contributed by atoms with van der Waals surface area (Å²) in [5.74, 6) is 2.02. The molecule has 1 aliphatic carbocycles. The van der Waals surface area contributed by atoms with Gasteiger partial charge in [0.25, 0.3) is 0 Å². The number of nitrogens with zero attached hydrogens (tertiary/aromatic N) is 5. The first kappa shape index (κ1) is 18.5. The predicted octanol–water partition coefficient (Wildman–Crippen LogP) is 2.52. The van der Waals surface area contributed by atoms with Crippen LogP contribution in [0.15, 0.2) is 22.9 Å². The van der Waals surface area contributed by atoms with Gasteiger partial charge in [0, 0.05) is 36.8 Å². The fourth-order valence-electron chi connectivity index (χ4n) is 4.82. The number of carbonyl (C=O) groups is 1. The van der Waals surface area contributed by atoms with E-state index >= 15 is 0 Å². The number of amides is 1. The number of hydrogen-bond acceptors (Lipinski definition) is 7. The average molecular weight is 396 g/mol. The zero-order valence-electron chi connectivity index (χ0n) is 16.7. The van der Waals surface area contributed by atoms with Gasteiger partial charge >= 0.3 is 0 Å². The van der Waals surface area contributed by atoms with Crippen LogP contribution in [0.25, 0.3) is 11.4 Å². The Bertz CT molecular complexity index is 872. The standard InChI is InChI=1S/C21H28N6O2/c22-19(28)14-7-11-26(12-8-14)18-13-15(6-9-23-18)20-24-21(29-25-20)17-5-2-10-27(17)16-3-1-4-16/h6,9,13-14,16-17H,1-5,7-8,10-12H2,(H2,22,28)/t17-/m0/s1. The van der Waals surface area contributed by atoms with E-state index in [2.05, 4.69) is 19.9 Å². The van der Waals surface area contributed by atoms with E-state index in [1.807, 2.05) is 12.1 Å².